The van der Waals surface area contributed by atoms with E-state index in [9.17, 15) is 12.8 Å². The fraction of sp³-hybridized carbons (Fsp3) is 0.125. The van der Waals surface area contributed by atoms with Crippen molar-refractivity contribution in [2.24, 2.45) is 0 Å². The Morgan fingerprint density at radius 3 is 2.67 bits per heavy atom. The Kier molecular flexibility index (Phi) is 4.38. The van der Waals surface area contributed by atoms with Crippen molar-refractivity contribution < 1.29 is 12.8 Å². The Bertz CT molecular complexity index is 1030. The Morgan fingerprint density at radius 2 is 1.96 bits per heavy atom. The van der Waals surface area contributed by atoms with E-state index >= 15 is 0 Å². The molecule has 24 heavy (non-hydrogen) atoms. The van der Waals surface area contributed by atoms with Gasteiger partial charge in [0.25, 0.3) is 0 Å². The second-order valence-corrected chi connectivity index (χ2v) is 7.70. The van der Waals surface area contributed by atoms with E-state index in [1.807, 2.05) is 0 Å². The molecular weight excluding hydrogens is 353 g/mol. The first kappa shape index (κ1) is 16.6. The molecule has 0 saturated carbocycles. The highest BCUT2D eigenvalue weighted by atomic mass is 35.5. The molecule has 5 nitrogen and oxygen atoms in total. The lowest BCUT2D eigenvalue weighted by Crippen LogP contribution is -2.04. The van der Waals surface area contributed by atoms with Gasteiger partial charge in [-0.3, -0.25) is 0 Å². The number of nitrogens with one attached hydrogen (secondary N) is 1. The molecule has 1 heterocycles. The van der Waals surface area contributed by atoms with E-state index in [1.54, 1.807) is 12.1 Å². The van der Waals surface area contributed by atoms with Crippen LogP contribution in [0.1, 0.15) is 5.56 Å². The highest BCUT2D eigenvalue weighted by Gasteiger charge is 2.11. The van der Waals surface area contributed by atoms with Crippen LogP contribution in [0.5, 0.6) is 0 Å². The molecule has 0 aliphatic rings. The van der Waals surface area contributed by atoms with Gasteiger partial charge in [0.2, 0.25) is 0 Å². The first-order chi connectivity index (χ1) is 11.3. The standard InChI is InChI=1S/C16H13ClFN3O2S/c1-24(22,23)11-3-5-15-12(7-11)16(21-9-20-15)19-8-10-2-4-14(18)13(17)6-10/h2-7,9H,8H2,1H3,(H,19,20,21). The molecule has 3 aromatic rings. The predicted octanol–water partition coefficient (Wildman–Crippen LogP) is 3.44. The molecule has 0 bridgehead atoms. The molecule has 0 aliphatic heterocycles. The van der Waals surface area contributed by atoms with Crippen LogP contribution >= 0.6 is 11.6 Å². The summed E-state index contributed by atoms with van der Waals surface area (Å²) in [7, 11) is -3.33. The summed E-state index contributed by atoms with van der Waals surface area (Å²) in [5.74, 6) is 0.0108. The Balaban J connectivity index is 1.95. The van der Waals surface area contributed by atoms with Crippen LogP contribution in [0.3, 0.4) is 0 Å². The molecule has 0 atom stereocenters. The monoisotopic (exact) mass is 365 g/mol. The smallest absolute Gasteiger partial charge is 0.175 e. The Labute approximate surface area is 143 Å². The Morgan fingerprint density at radius 1 is 1.17 bits per heavy atom. The molecule has 0 radical (unpaired) electrons. The number of nitrogens with zero attached hydrogens (tertiary/aromatic N) is 2. The normalized spacial score (nSPS) is 11.6. The molecule has 3 rings (SSSR count). The second-order valence-electron chi connectivity index (χ2n) is 5.28. The third-order valence-corrected chi connectivity index (χ3v) is 4.88. The van der Waals surface area contributed by atoms with Crippen LogP contribution in [0.15, 0.2) is 47.6 Å². The summed E-state index contributed by atoms with van der Waals surface area (Å²) in [6.07, 6.45) is 2.54. The predicted molar refractivity (Wildman–Crippen MR) is 91.4 cm³/mol. The van der Waals surface area contributed by atoms with Crippen LogP contribution in [0.25, 0.3) is 10.9 Å². The van der Waals surface area contributed by atoms with Crippen molar-refractivity contribution in [2.45, 2.75) is 11.4 Å². The molecule has 0 aliphatic carbocycles. The van der Waals surface area contributed by atoms with Crippen molar-refractivity contribution in [1.82, 2.24) is 9.97 Å². The van der Waals surface area contributed by atoms with Gasteiger partial charge in [-0.1, -0.05) is 17.7 Å². The fourth-order valence-corrected chi connectivity index (χ4v) is 3.09. The van der Waals surface area contributed by atoms with Gasteiger partial charge in [-0.15, -0.1) is 0 Å². The number of sulfone groups is 1. The minimum Gasteiger partial charge on any atom is -0.365 e. The number of anilines is 1. The maximum atomic E-state index is 13.2. The molecule has 2 aromatic carbocycles. The summed E-state index contributed by atoms with van der Waals surface area (Å²) in [5.41, 5.74) is 1.39. The van der Waals surface area contributed by atoms with E-state index in [-0.39, 0.29) is 9.92 Å². The van der Waals surface area contributed by atoms with Crippen molar-refractivity contribution in [3.05, 3.63) is 59.1 Å². The van der Waals surface area contributed by atoms with Gasteiger partial charge in [-0.2, -0.15) is 0 Å². The van der Waals surface area contributed by atoms with Gasteiger partial charge in [0.1, 0.15) is 18.0 Å². The van der Waals surface area contributed by atoms with Crippen molar-refractivity contribution in [3.63, 3.8) is 0 Å². The Hall–Kier alpha value is -2.25. The van der Waals surface area contributed by atoms with Crippen molar-refractivity contribution in [3.8, 4) is 0 Å². The highest BCUT2D eigenvalue weighted by molar-refractivity contribution is 7.90. The van der Waals surface area contributed by atoms with Gasteiger partial charge in [-0.25, -0.2) is 22.8 Å². The molecule has 0 fully saturated rings. The number of fused-ring (bicyclic) bond motifs is 1. The van der Waals surface area contributed by atoms with E-state index in [1.165, 1.54) is 30.6 Å². The van der Waals surface area contributed by atoms with Crippen LogP contribution in [-0.2, 0) is 16.4 Å². The van der Waals surface area contributed by atoms with Crippen LogP contribution in [0, 0.1) is 5.82 Å². The summed E-state index contributed by atoms with van der Waals surface area (Å²) in [4.78, 5) is 8.48. The maximum absolute atomic E-state index is 13.2. The number of halogens is 2. The third-order valence-electron chi connectivity index (χ3n) is 3.48. The van der Waals surface area contributed by atoms with Gasteiger partial charge < -0.3 is 5.32 Å². The minimum atomic E-state index is -3.33. The lowest BCUT2D eigenvalue weighted by molar-refractivity contribution is 0.602. The van der Waals surface area contributed by atoms with Gasteiger partial charge >= 0.3 is 0 Å². The topological polar surface area (TPSA) is 72.0 Å². The first-order valence-corrected chi connectivity index (χ1v) is 9.24. The third kappa shape index (κ3) is 3.47. The average molecular weight is 366 g/mol. The maximum Gasteiger partial charge on any atom is 0.175 e. The summed E-state index contributed by atoms with van der Waals surface area (Å²) < 4.78 is 36.6. The lowest BCUT2D eigenvalue weighted by atomic mass is 10.2. The molecule has 0 unspecified atom stereocenters. The van der Waals surface area contributed by atoms with Crippen molar-refractivity contribution in [1.29, 1.82) is 0 Å². The molecule has 8 heteroatoms. The van der Waals surface area contributed by atoms with Crippen LogP contribution in [0.4, 0.5) is 10.2 Å². The zero-order valence-corrected chi connectivity index (χ0v) is 14.2. The van der Waals surface area contributed by atoms with Crippen molar-refractivity contribution in [2.75, 3.05) is 11.6 Å². The average Bonchev–Trinajstić information content (AvgIpc) is 2.54. The second kappa shape index (κ2) is 6.33. The number of benzene rings is 2. The number of rotatable bonds is 4. The largest absolute Gasteiger partial charge is 0.365 e. The molecule has 1 aromatic heterocycles. The molecule has 1 N–H and O–H groups in total. The summed E-state index contributed by atoms with van der Waals surface area (Å²) >= 11 is 5.77. The number of hydrogen-bond donors (Lipinski definition) is 1. The van der Waals surface area contributed by atoms with E-state index in [4.69, 9.17) is 11.6 Å². The zero-order chi connectivity index (χ0) is 17.3. The molecule has 0 amide bonds. The molecule has 0 spiro atoms. The minimum absolute atomic E-state index is 0.0428. The number of hydrogen-bond acceptors (Lipinski definition) is 5. The first-order valence-electron chi connectivity index (χ1n) is 6.97. The summed E-state index contributed by atoms with van der Waals surface area (Å²) in [5, 5.41) is 3.74. The van der Waals surface area contributed by atoms with E-state index in [2.05, 4.69) is 15.3 Å². The number of aromatic nitrogens is 2. The lowest BCUT2D eigenvalue weighted by Gasteiger charge is -2.10. The quantitative estimate of drug-likeness (QED) is 0.766. The summed E-state index contributed by atoms with van der Waals surface area (Å²) in [6, 6.07) is 9.10. The van der Waals surface area contributed by atoms with Crippen LogP contribution in [0.2, 0.25) is 5.02 Å². The summed E-state index contributed by atoms with van der Waals surface area (Å²) in [6.45, 7) is 0.356. The highest BCUT2D eigenvalue weighted by Crippen LogP contribution is 2.24. The van der Waals surface area contributed by atoms with Gasteiger partial charge in [0.05, 0.1) is 15.4 Å². The zero-order valence-electron chi connectivity index (χ0n) is 12.6. The fourth-order valence-electron chi connectivity index (χ4n) is 2.24. The van der Waals surface area contributed by atoms with Gasteiger partial charge in [0, 0.05) is 18.2 Å². The van der Waals surface area contributed by atoms with Gasteiger partial charge in [0.15, 0.2) is 9.84 Å². The molecular formula is C16H13ClFN3O2S. The SMILES string of the molecule is CS(=O)(=O)c1ccc2ncnc(NCc3ccc(F)c(Cl)c3)c2c1. The molecule has 0 saturated heterocycles. The van der Waals surface area contributed by atoms with Crippen molar-refractivity contribution >= 4 is 38.2 Å². The van der Waals surface area contributed by atoms with Crippen LogP contribution in [-0.4, -0.2) is 24.6 Å². The molecule has 124 valence electrons. The van der Waals surface area contributed by atoms with Crippen LogP contribution < -0.4 is 5.32 Å². The van der Waals surface area contributed by atoms with E-state index in [0.717, 1.165) is 11.8 Å². The van der Waals surface area contributed by atoms with E-state index in [0.29, 0.717) is 23.3 Å². The van der Waals surface area contributed by atoms with E-state index < -0.39 is 15.7 Å². The van der Waals surface area contributed by atoms with Gasteiger partial charge in [-0.05, 0) is 35.9 Å².